The van der Waals surface area contributed by atoms with Crippen LogP contribution in [0.4, 0.5) is 23.2 Å². The molecule has 0 aliphatic heterocycles. The van der Waals surface area contributed by atoms with E-state index in [1.54, 1.807) is 73.0 Å². The van der Waals surface area contributed by atoms with Gasteiger partial charge in [-0.25, -0.2) is 17.6 Å². The second-order valence-electron chi connectivity index (χ2n) is 10.6. The van der Waals surface area contributed by atoms with Crippen molar-refractivity contribution in [2.45, 2.75) is 42.3 Å². The van der Waals surface area contributed by atoms with Gasteiger partial charge in [-0.15, -0.1) is 0 Å². The molecule has 43 heavy (non-hydrogen) atoms. The van der Waals surface area contributed by atoms with E-state index >= 15 is 0 Å². The molecule has 0 saturated carbocycles. The van der Waals surface area contributed by atoms with Crippen LogP contribution in [-0.4, -0.2) is 48.5 Å². The number of hydrogen-bond acceptors (Lipinski definition) is 3. The molecule has 0 saturated heterocycles. The zero-order valence-corrected chi connectivity index (χ0v) is 26.2. The third kappa shape index (κ3) is 7.39. The summed E-state index contributed by atoms with van der Waals surface area (Å²) < 4.78 is 54.1. The van der Waals surface area contributed by atoms with Gasteiger partial charge in [-0.3, -0.25) is 9.59 Å². The van der Waals surface area contributed by atoms with Gasteiger partial charge in [0.05, 0.1) is 17.7 Å². The number of alkyl halides is 4. The number of anilines is 1. The quantitative estimate of drug-likeness (QED) is 0.104. The average molecular weight is 708 g/mol. The number of rotatable bonds is 12. The number of halogens is 5. The molecule has 0 heterocycles. The minimum absolute atomic E-state index is 0.0258. The standard InChI is InChI=1S/C33H34F4IN3O2/c1-3-13-33(18-34,19-35)41-31(42)23-6-4-5-21(14-23)26-16-27-22(15-28(26)40-17-29(37)38)9-12-25(30(27)32(43)39-2)20-7-10-24(36)11-8-20/h4-8,10-11,14-16,29,40H,3,9,12-13,17-19H2,1-2H3,(H,39,43)(H,41,42). The summed E-state index contributed by atoms with van der Waals surface area (Å²) in [6.45, 7) is -0.253. The number of carbonyl (C=O) groups is 2. The van der Waals surface area contributed by atoms with Gasteiger partial charge in [0.2, 0.25) is 0 Å². The Hall–Kier alpha value is -3.41. The summed E-state index contributed by atoms with van der Waals surface area (Å²) in [7, 11) is 1.54. The Morgan fingerprint density at radius 2 is 1.67 bits per heavy atom. The molecule has 5 nitrogen and oxygen atoms in total. The van der Waals surface area contributed by atoms with Crippen LogP contribution in [0.3, 0.4) is 0 Å². The van der Waals surface area contributed by atoms with Crippen molar-refractivity contribution in [3.05, 3.63) is 88.7 Å². The van der Waals surface area contributed by atoms with Crippen molar-refractivity contribution >= 4 is 51.2 Å². The fourth-order valence-corrected chi connectivity index (χ4v) is 5.67. The second kappa shape index (κ2) is 14.4. The van der Waals surface area contributed by atoms with Crippen LogP contribution in [-0.2, 0) is 11.2 Å². The first-order chi connectivity index (χ1) is 20.6. The molecule has 0 spiro atoms. The maximum absolute atomic E-state index is 13.9. The number of benzene rings is 3. The van der Waals surface area contributed by atoms with E-state index in [9.17, 15) is 27.2 Å². The number of likely N-dealkylation sites (N-methyl/N-ethyl adjacent to an activating group) is 1. The highest BCUT2D eigenvalue weighted by atomic mass is 127. The fraction of sp³-hybridized carbons (Fsp3) is 0.333. The zero-order valence-electron chi connectivity index (χ0n) is 24.0. The predicted octanol–water partition coefficient (Wildman–Crippen LogP) is 7.45. The summed E-state index contributed by atoms with van der Waals surface area (Å²) in [6, 6.07) is 16.3. The van der Waals surface area contributed by atoms with Crippen molar-refractivity contribution in [2.75, 3.05) is 32.3 Å². The molecule has 0 bridgehead atoms. The van der Waals surface area contributed by atoms with Gasteiger partial charge in [0.15, 0.2) is 4.18 Å². The SMILES string of the molecule is CCCC(CF)(CF)NC(=O)c1cccc(-c2cc3c(cc2NCC(F)I)CCC(c2ccc(F)cc2)=C3C(=O)NC)c1. The number of allylic oxidation sites excluding steroid dienone is 1. The molecule has 0 radical (unpaired) electrons. The Balaban J connectivity index is 1.85. The normalized spacial score (nSPS) is 13.7. The molecule has 1 unspecified atom stereocenters. The molecule has 3 aromatic carbocycles. The van der Waals surface area contributed by atoms with Gasteiger partial charge in [0.1, 0.15) is 19.2 Å². The van der Waals surface area contributed by atoms with Crippen LogP contribution in [0, 0.1) is 5.82 Å². The maximum atomic E-state index is 13.9. The predicted molar refractivity (Wildman–Crippen MR) is 172 cm³/mol. The fourth-order valence-electron chi connectivity index (χ4n) is 5.45. The molecule has 4 rings (SSSR count). The number of carbonyl (C=O) groups excluding carboxylic acids is 2. The van der Waals surface area contributed by atoms with E-state index in [-0.39, 0.29) is 30.3 Å². The highest BCUT2D eigenvalue weighted by molar-refractivity contribution is 14.1. The lowest BCUT2D eigenvalue weighted by molar-refractivity contribution is -0.115. The van der Waals surface area contributed by atoms with Crippen molar-refractivity contribution in [1.82, 2.24) is 10.6 Å². The summed E-state index contributed by atoms with van der Waals surface area (Å²) in [5.41, 5.74) is 3.93. The van der Waals surface area contributed by atoms with Crippen molar-refractivity contribution in [2.24, 2.45) is 0 Å². The average Bonchev–Trinajstić information content (AvgIpc) is 3.02. The van der Waals surface area contributed by atoms with Gasteiger partial charge in [-0.2, -0.15) is 0 Å². The molecule has 1 aliphatic rings. The van der Waals surface area contributed by atoms with Gasteiger partial charge < -0.3 is 16.0 Å². The van der Waals surface area contributed by atoms with Crippen LogP contribution < -0.4 is 16.0 Å². The molecule has 0 aromatic heterocycles. The lowest BCUT2D eigenvalue weighted by atomic mass is 9.80. The molecule has 228 valence electrons. The summed E-state index contributed by atoms with van der Waals surface area (Å²) >= 11 is 1.68. The Bertz CT molecular complexity index is 1500. The second-order valence-corrected chi connectivity index (χ2v) is 12.0. The molecular formula is C33H34F4IN3O2. The number of fused-ring (bicyclic) bond motifs is 1. The van der Waals surface area contributed by atoms with Crippen molar-refractivity contribution in [1.29, 1.82) is 0 Å². The topological polar surface area (TPSA) is 70.2 Å². The van der Waals surface area contributed by atoms with Gasteiger partial charge in [-0.05, 0) is 106 Å². The molecule has 1 aliphatic carbocycles. The number of amides is 2. The van der Waals surface area contributed by atoms with Crippen molar-refractivity contribution in [3.8, 4) is 11.1 Å². The molecular weight excluding hydrogens is 673 g/mol. The summed E-state index contributed by atoms with van der Waals surface area (Å²) in [5, 5.41) is 8.41. The third-order valence-corrected chi connectivity index (χ3v) is 8.05. The van der Waals surface area contributed by atoms with E-state index < -0.39 is 29.0 Å². The first-order valence-electron chi connectivity index (χ1n) is 14.1. The van der Waals surface area contributed by atoms with E-state index in [0.29, 0.717) is 47.2 Å². The van der Waals surface area contributed by atoms with Crippen molar-refractivity contribution < 1.29 is 27.2 Å². The number of nitrogens with one attached hydrogen (secondary N) is 3. The minimum atomic E-state index is -1.60. The molecule has 1 atom stereocenters. The highest BCUT2D eigenvalue weighted by Gasteiger charge is 2.32. The number of hydrogen-bond donors (Lipinski definition) is 3. The Kier molecular flexibility index (Phi) is 10.9. The minimum Gasteiger partial charge on any atom is -0.381 e. The van der Waals surface area contributed by atoms with E-state index in [4.69, 9.17) is 0 Å². The molecule has 3 N–H and O–H groups in total. The lowest BCUT2D eigenvalue weighted by Crippen LogP contribution is -2.52. The summed E-state index contributed by atoms with van der Waals surface area (Å²) in [5.74, 6) is -1.30. The van der Waals surface area contributed by atoms with Crippen LogP contribution in [0.1, 0.15) is 53.2 Å². The highest BCUT2D eigenvalue weighted by Crippen LogP contribution is 2.42. The molecule has 0 fully saturated rings. The van der Waals surface area contributed by atoms with Gasteiger partial charge in [0.25, 0.3) is 11.8 Å². The number of aryl methyl sites for hydroxylation is 1. The first-order valence-corrected chi connectivity index (χ1v) is 15.3. The Morgan fingerprint density at radius 1 is 0.953 bits per heavy atom. The van der Waals surface area contributed by atoms with Crippen LogP contribution in [0.25, 0.3) is 22.3 Å². The lowest BCUT2D eigenvalue weighted by Gasteiger charge is -2.29. The Morgan fingerprint density at radius 3 is 2.30 bits per heavy atom. The van der Waals surface area contributed by atoms with Crippen LogP contribution in [0.5, 0.6) is 0 Å². The monoisotopic (exact) mass is 707 g/mol. The summed E-state index contributed by atoms with van der Waals surface area (Å²) in [4.78, 5) is 26.5. The van der Waals surface area contributed by atoms with E-state index in [1.165, 1.54) is 12.1 Å². The van der Waals surface area contributed by atoms with Gasteiger partial charge in [-0.1, -0.05) is 37.6 Å². The van der Waals surface area contributed by atoms with Crippen LogP contribution >= 0.6 is 22.6 Å². The first kappa shape index (κ1) is 32.5. The van der Waals surface area contributed by atoms with Crippen LogP contribution in [0.2, 0.25) is 0 Å². The maximum Gasteiger partial charge on any atom is 0.251 e. The molecule has 3 aromatic rings. The molecule has 10 heteroatoms. The van der Waals surface area contributed by atoms with Gasteiger partial charge in [0, 0.05) is 23.9 Å². The Labute approximate surface area is 262 Å². The zero-order chi connectivity index (χ0) is 31.1. The van der Waals surface area contributed by atoms with E-state index in [1.807, 2.05) is 12.1 Å². The van der Waals surface area contributed by atoms with E-state index in [2.05, 4.69) is 16.0 Å². The molecule has 2 amide bonds. The smallest absolute Gasteiger partial charge is 0.251 e. The van der Waals surface area contributed by atoms with Crippen molar-refractivity contribution in [3.63, 3.8) is 0 Å². The van der Waals surface area contributed by atoms with Gasteiger partial charge >= 0.3 is 0 Å². The van der Waals surface area contributed by atoms with E-state index in [0.717, 1.165) is 16.7 Å². The largest absolute Gasteiger partial charge is 0.381 e. The summed E-state index contributed by atoms with van der Waals surface area (Å²) in [6.07, 6.45) is 1.77. The van der Waals surface area contributed by atoms with Crippen LogP contribution in [0.15, 0.2) is 60.7 Å². The third-order valence-electron chi connectivity index (χ3n) is 7.61.